The maximum Gasteiger partial charge on any atom is 0.223 e. The minimum Gasteiger partial charge on any atom is -0.336 e. The zero-order valence-corrected chi connectivity index (χ0v) is 12.7. The summed E-state index contributed by atoms with van der Waals surface area (Å²) in [4.78, 5) is 18.3. The normalized spacial score (nSPS) is 10.8. The average molecular weight is 277 g/mol. The van der Waals surface area contributed by atoms with Crippen LogP contribution < -0.4 is 5.73 Å². The fourth-order valence-corrected chi connectivity index (χ4v) is 2.16. The van der Waals surface area contributed by atoms with Gasteiger partial charge in [-0.15, -0.1) is 0 Å². The highest BCUT2D eigenvalue weighted by molar-refractivity contribution is 5.76. The standard InChI is InChI=1S/C16H27N3O/c1-14(2)19(13-15-8-7-11-18-12-15)16(20)9-5-3-4-6-10-17/h7-8,11-12,14H,3-6,9-10,13,17H2,1-2H3. The van der Waals surface area contributed by atoms with Crippen molar-refractivity contribution in [3.8, 4) is 0 Å². The van der Waals surface area contributed by atoms with Crippen molar-refractivity contribution in [3.63, 3.8) is 0 Å². The van der Waals surface area contributed by atoms with Gasteiger partial charge in [0.05, 0.1) is 0 Å². The number of unbranched alkanes of at least 4 members (excludes halogenated alkanes) is 3. The first kappa shape index (κ1) is 16.6. The molecule has 1 heterocycles. The number of rotatable bonds is 9. The van der Waals surface area contributed by atoms with E-state index in [9.17, 15) is 4.79 Å². The topological polar surface area (TPSA) is 59.2 Å². The van der Waals surface area contributed by atoms with Crippen molar-refractivity contribution < 1.29 is 4.79 Å². The molecule has 0 bridgehead atoms. The Morgan fingerprint density at radius 3 is 2.65 bits per heavy atom. The van der Waals surface area contributed by atoms with Crippen LogP contribution in [0.2, 0.25) is 0 Å². The first-order chi connectivity index (χ1) is 9.65. The highest BCUT2D eigenvalue weighted by Gasteiger charge is 2.16. The number of nitrogens with two attached hydrogens (primary N) is 1. The Bertz CT molecular complexity index is 379. The van der Waals surface area contributed by atoms with Crippen molar-refractivity contribution in [2.75, 3.05) is 6.54 Å². The van der Waals surface area contributed by atoms with Gasteiger partial charge >= 0.3 is 0 Å². The molecule has 0 atom stereocenters. The molecule has 0 saturated carbocycles. The smallest absolute Gasteiger partial charge is 0.223 e. The van der Waals surface area contributed by atoms with Crippen molar-refractivity contribution >= 4 is 5.91 Å². The van der Waals surface area contributed by atoms with E-state index < -0.39 is 0 Å². The lowest BCUT2D eigenvalue weighted by atomic mass is 10.1. The zero-order chi connectivity index (χ0) is 14.8. The molecule has 0 saturated heterocycles. The van der Waals surface area contributed by atoms with E-state index >= 15 is 0 Å². The van der Waals surface area contributed by atoms with Gasteiger partial charge in [-0.05, 0) is 44.9 Å². The summed E-state index contributed by atoms with van der Waals surface area (Å²) in [5.74, 6) is 0.233. The van der Waals surface area contributed by atoms with Crippen molar-refractivity contribution in [1.29, 1.82) is 0 Å². The molecule has 4 nitrogen and oxygen atoms in total. The van der Waals surface area contributed by atoms with Gasteiger partial charge in [0.15, 0.2) is 0 Å². The zero-order valence-electron chi connectivity index (χ0n) is 12.7. The Hall–Kier alpha value is -1.42. The van der Waals surface area contributed by atoms with Gasteiger partial charge in [0.1, 0.15) is 0 Å². The van der Waals surface area contributed by atoms with Crippen molar-refractivity contribution in [2.24, 2.45) is 5.73 Å². The number of nitrogens with zero attached hydrogens (tertiary/aromatic N) is 2. The fourth-order valence-electron chi connectivity index (χ4n) is 2.16. The van der Waals surface area contributed by atoms with Gasteiger partial charge in [-0.25, -0.2) is 0 Å². The number of amides is 1. The minimum atomic E-state index is 0.215. The van der Waals surface area contributed by atoms with Gasteiger partial charge in [-0.3, -0.25) is 9.78 Å². The quantitative estimate of drug-likeness (QED) is 0.706. The summed E-state index contributed by atoms with van der Waals surface area (Å²) >= 11 is 0. The van der Waals surface area contributed by atoms with E-state index in [1.165, 1.54) is 0 Å². The van der Waals surface area contributed by atoms with Crippen LogP contribution in [0.25, 0.3) is 0 Å². The summed E-state index contributed by atoms with van der Waals surface area (Å²) in [6.07, 6.45) is 8.41. The van der Waals surface area contributed by atoms with Gasteiger partial charge in [0.25, 0.3) is 0 Å². The van der Waals surface area contributed by atoms with Gasteiger partial charge < -0.3 is 10.6 Å². The monoisotopic (exact) mass is 277 g/mol. The van der Waals surface area contributed by atoms with Crippen LogP contribution in [0, 0.1) is 0 Å². The van der Waals surface area contributed by atoms with Crippen LogP contribution in [0.3, 0.4) is 0 Å². The second-order valence-corrected chi connectivity index (χ2v) is 5.43. The highest BCUT2D eigenvalue weighted by atomic mass is 16.2. The second-order valence-electron chi connectivity index (χ2n) is 5.43. The SMILES string of the molecule is CC(C)N(Cc1cccnc1)C(=O)CCCCCCN. The molecule has 1 rings (SSSR count). The summed E-state index contributed by atoms with van der Waals surface area (Å²) in [6, 6.07) is 4.13. The van der Waals surface area contributed by atoms with Gasteiger partial charge in [-0.1, -0.05) is 18.9 Å². The first-order valence-electron chi connectivity index (χ1n) is 7.53. The molecule has 0 unspecified atom stereocenters. The molecular formula is C16H27N3O. The second kappa shape index (κ2) is 9.48. The largest absolute Gasteiger partial charge is 0.336 e. The Morgan fingerprint density at radius 2 is 2.05 bits per heavy atom. The van der Waals surface area contributed by atoms with Crippen molar-refractivity contribution in [2.45, 2.75) is 58.5 Å². The summed E-state index contributed by atoms with van der Waals surface area (Å²) in [6.45, 7) is 5.51. The third-order valence-corrected chi connectivity index (χ3v) is 3.36. The van der Waals surface area contributed by atoms with E-state index in [0.717, 1.165) is 37.8 Å². The minimum absolute atomic E-state index is 0.215. The van der Waals surface area contributed by atoms with Crippen LogP contribution in [-0.4, -0.2) is 28.4 Å². The first-order valence-corrected chi connectivity index (χ1v) is 7.53. The Kier molecular flexibility index (Phi) is 7.88. The number of aromatic nitrogens is 1. The van der Waals surface area contributed by atoms with Crippen LogP contribution in [0.1, 0.15) is 51.5 Å². The molecule has 0 radical (unpaired) electrons. The van der Waals surface area contributed by atoms with Gasteiger partial charge in [0, 0.05) is 31.4 Å². The maximum absolute atomic E-state index is 12.3. The lowest BCUT2D eigenvalue weighted by molar-refractivity contribution is -0.133. The molecule has 0 fully saturated rings. The van der Waals surface area contributed by atoms with Crippen LogP contribution in [0.4, 0.5) is 0 Å². The average Bonchev–Trinajstić information content (AvgIpc) is 2.45. The number of hydrogen-bond donors (Lipinski definition) is 1. The number of hydrogen-bond acceptors (Lipinski definition) is 3. The molecule has 4 heteroatoms. The van der Waals surface area contributed by atoms with E-state index in [2.05, 4.69) is 18.8 Å². The predicted octanol–water partition coefficient (Wildman–Crippen LogP) is 2.73. The predicted molar refractivity (Wildman–Crippen MR) is 82.1 cm³/mol. The van der Waals surface area contributed by atoms with Crippen molar-refractivity contribution in [1.82, 2.24) is 9.88 Å². The van der Waals surface area contributed by atoms with E-state index in [0.29, 0.717) is 13.0 Å². The maximum atomic E-state index is 12.3. The molecule has 1 aromatic heterocycles. The van der Waals surface area contributed by atoms with E-state index in [1.807, 2.05) is 23.2 Å². The summed E-state index contributed by atoms with van der Waals surface area (Å²) in [5, 5.41) is 0. The Balaban J connectivity index is 2.43. The molecule has 0 aliphatic rings. The lowest BCUT2D eigenvalue weighted by Crippen LogP contribution is -2.36. The van der Waals surface area contributed by atoms with E-state index in [1.54, 1.807) is 6.20 Å². The highest BCUT2D eigenvalue weighted by Crippen LogP contribution is 2.12. The molecular weight excluding hydrogens is 250 g/mol. The van der Waals surface area contributed by atoms with Gasteiger partial charge in [-0.2, -0.15) is 0 Å². The molecule has 20 heavy (non-hydrogen) atoms. The molecule has 1 aromatic rings. The molecule has 112 valence electrons. The van der Waals surface area contributed by atoms with Crippen LogP contribution >= 0.6 is 0 Å². The van der Waals surface area contributed by atoms with Crippen molar-refractivity contribution in [3.05, 3.63) is 30.1 Å². The van der Waals surface area contributed by atoms with E-state index in [4.69, 9.17) is 5.73 Å². The molecule has 0 spiro atoms. The Morgan fingerprint density at radius 1 is 1.30 bits per heavy atom. The number of carbonyl (C=O) groups excluding carboxylic acids is 1. The molecule has 1 amide bonds. The van der Waals surface area contributed by atoms with E-state index in [-0.39, 0.29) is 11.9 Å². The summed E-state index contributed by atoms with van der Waals surface area (Å²) in [7, 11) is 0. The number of carbonyl (C=O) groups is 1. The van der Waals surface area contributed by atoms with Gasteiger partial charge in [0.2, 0.25) is 5.91 Å². The van der Waals surface area contributed by atoms with Crippen LogP contribution in [0.5, 0.6) is 0 Å². The number of pyridine rings is 1. The lowest BCUT2D eigenvalue weighted by Gasteiger charge is -2.27. The third-order valence-electron chi connectivity index (χ3n) is 3.36. The van der Waals surface area contributed by atoms with Crippen LogP contribution in [-0.2, 0) is 11.3 Å². The summed E-state index contributed by atoms with van der Waals surface area (Å²) < 4.78 is 0. The molecule has 0 aliphatic heterocycles. The molecule has 0 aromatic carbocycles. The molecule has 2 N–H and O–H groups in total. The van der Waals surface area contributed by atoms with Crippen LogP contribution in [0.15, 0.2) is 24.5 Å². The molecule has 0 aliphatic carbocycles. The fraction of sp³-hybridized carbons (Fsp3) is 0.625. The summed E-state index contributed by atoms with van der Waals surface area (Å²) in [5.41, 5.74) is 6.54. The Labute approximate surface area is 122 Å². The third kappa shape index (κ3) is 6.15.